The maximum atomic E-state index is 12.2. The summed E-state index contributed by atoms with van der Waals surface area (Å²) in [5, 5.41) is 10.1. The summed E-state index contributed by atoms with van der Waals surface area (Å²) < 4.78 is 5.27. The van der Waals surface area contributed by atoms with Crippen LogP contribution in [-0.2, 0) is 4.74 Å². The van der Waals surface area contributed by atoms with Crippen molar-refractivity contribution in [1.82, 2.24) is 9.80 Å². The molecule has 0 spiro atoms. The summed E-state index contributed by atoms with van der Waals surface area (Å²) in [4.78, 5) is 17.8. The van der Waals surface area contributed by atoms with Gasteiger partial charge in [0, 0.05) is 38.1 Å². The molecule has 5 nitrogen and oxygen atoms in total. The molecule has 2 heterocycles. The van der Waals surface area contributed by atoms with E-state index in [1.165, 1.54) is 11.3 Å². The fourth-order valence-electron chi connectivity index (χ4n) is 2.28. The maximum Gasteiger partial charge on any atom is 0.263 e. The van der Waals surface area contributed by atoms with Crippen molar-refractivity contribution in [2.75, 3.05) is 46.4 Å². The van der Waals surface area contributed by atoms with Crippen LogP contribution in [0.4, 0.5) is 0 Å². The fourth-order valence-corrected chi connectivity index (χ4v) is 3.14. The number of rotatable bonds is 5. The Morgan fingerprint density at radius 1 is 1.50 bits per heavy atom. The lowest BCUT2D eigenvalue weighted by Crippen LogP contribution is -2.44. The number of aryl methyl sites for hydroxylation is 1. The number of carbonyl (C=O) groups is 1. The highest BCUT2D eigenvalue weighted by molar-refractivity contribution is 7.13. The van der Waals surface area contributed by atoms with Gasteiger partial charge in [0.2, 0.25) is 0 Å². The Kier molecular flexibility index (Phi) is 5.54. The summed E-state index contributed by atoms with van der Waals surface area (Å²) in [6, 6.07) is 3.78. The predicted octanol–water partition coefficient (Wildman–Crippen LogP) is 0.822. The molecule has 1 amide bonds. The number of carbonyl (C=O) groups excluding carboxylic acids is 1. The van der Waals surface area contributed by atoms with Crippen molar-refractivity contribution in [1.29, 1.82) is 0 Å². The largest absolute Gasteiger partial charge is 0.390 e. The minimum absolute atomic E-state index is 0.0240. The number of thiophene rings is 1. The number of likely N-dealkylation sites (N-methyl/N-ethyl adjacent to an activating group) is 1. The Morgan fingerprint density at radius 3 is 2.80 bits per heavy atom. The van der Waals surface area contributed by atoms with Crippen molar-refractivity contribution in [2.45, 2.75) is 13.0 Å². The summed E-state index contributed by atoms with van der Waals surface area (Å²) in [7, 11) is 1.74. The van der Waals surface area contributed by atoms with E-state index in [0.29, 0.717) is 13.1 Å². The van der Waals surface area contributed by atoms with Crippen LogP contribution in [0.1, 0.15) is 14.5 Å². The number of hydrogen-bond acceptors (Lipinski definition) is 5. The lowest BCUT2D eigenvalue weighted by atomic mass is 10.2. The third-order valence-electron chi connectivity index (χ3n) is 3.36. The summed E-state index contributed by atoms with van der Waals surface area (Å²) in [5.41, 5.74) is 0. The second-order valence-corrected chi connectivity index (χ2v) is 6.45. The van der Waals surface area contributed by atoms with Crippen molar-refractivity contribution in [3.05, 3.63) is 21.9 Å². The van der Waals surface area contributed by atoms with Crippen LogP contribution in [0.3, 0.4) is 0 Å². The third-order valence-corrected chi connectivity index (χ3v) is 4.34. The Labute approximate surface area is 123 Å². The first-order valence-electron chi connectivity index (χ1n) is 6.86. The zero-order valence-electron chi connectivity index (χ0n) is 12.0. The highest BCUT2D eigenvalue weighted by atomic mass is 32.1. The lowest BCUT2D eigenvalue weighted by Gasteiger charge is -2.30. The molecule has 0 bridgehead atoms. The van der Waals surface area contributed by atoms with Gasteiger partial charge in [0.15, 0.2) is 0 Å². The van der Waals surface area contributed by atoms with Gasteiger partial charge in [-0.2, -0.15) is 0 Å². The van der Waals surface area contributed by atoms with Crippen LogP contribution in [0.5, 0.6) is 0 Å². The number of nitrogens with zero attached hydrogens (tertiary/aromatic N) is 2. The van der Waals surface area contributed by atoms with Crippen LogP contribution in [-0.4, -0.2) is 73.4 Å². The van der Waals surface area contributed by atoms with Gasteiger partial charge >= 0.3 is 0 Å². The van der Waals surface area contributed by atoms with E-state index >= 15 is 0 Å². The summed E-state index contributed by atoms with van der Waals surface area (Å²) in [6.07, 6.45) is -0.525. The van der Waals surface area contributed by atoms with Crippen LogP contribution in [0.25, 0.3) is 0 Å². The predicted molar refractivity (Wildman–Crippen MR) is 79.3 cm³/mol. The number of aliphatic hydroxyl groups excluding tert-OH is 1. The van der Waals surface area contributed by atoms with Crippen molar-refractivity contribution < 1.29 is 14.6 Å². The molecule has 6 heteroatoms. The normalized spacial score (nSPS) is 17.9. The highest BCUT2D eigenvalue weighted by Gasteiger charge is 2.19. The van der Waals surface area contributed by atoms with Gasteiger partial charge in [-0.05, 0) is 19.1 Å². The quantitative estimate of drug-likeness (QED) is 0.874. The number of hydrogen-bond donors (Lipinski definition) is 1. The van der Waals surface area contributed by atoms with E-state index in [-0.39, 0.29) is 5.91 Å². The SMILES string of the molecule is Cc1ccc(C(=O)N(C)CC(O)CN2CCOCC2)s1. The standard InChI is InChI=1S/C14H22N2O3S/c1-11-3-4-13(20-11)14(18)15(2)9-12(17)10-16-5-7-19-8-6-16/h3-4,12,17H,5-10H2,1-2H3. The van der Waals surface area contributed by atoms with Gasteiger partial charge in [0.25, 0.3) is 5.91 Å². The molecule has 1 aliphatic rings. The molecule has 20 heavy (non-hydrogen) atoms. The average molecular weight is 298 g/mol. The molecule has 0 aliphatic carbocycles. The lowest BCUT2D eigenvalue weighted by molar-refractivity contribution is 0.00883. The highest BCUT2D eigenvalue weighted by Crippen LogP contribution is 2.16. The Morgan fingerprint density at radius 2 is 2.20 bits per heavy atom. The molecular formula is C14H22N2O3S. The van der Waals surface area contributed by atoms with E-state index in [4.69, 9.17) is 4.74 Å². The van der Waals surface area contributed by atoms with Crippen LogP contribution >= 0.6 is 11.3 Å². The first-order valence-corrected chi connectivity index (χ1v) is 7.68. The second kappa shape index (κ2) is 7.17. The van der Waals surface area contributed by atoms with Crippen molar-refractivity contribution >= 4 is 17.2 Å². The van der Waals surface area contributed by atoms with E-state index in [2.05, 4.69) is 4.90 Å². The third kappa shape index (κ3) is 4.28. The first kappa shape index (κ1) is 15.4. The molecule has 0 saturated carbocycles. The number of aliphatic hydroxyl groups is 1. The van der Waals surface area contributed by atoms with Crippen LogP contribution < -0.4 is 0 Å². The second-order valence-electron chi connectivity index (χ2n) is 5.16. The molecule has 1 N–H and O–H groups in total. The maximum absolute atomic E-state index is 12.2. The number of β-amino-alcohol motifs (C(OH)–C–C–N with tert-alkyl or cyclic N) is 1. The Balaban J connectivity index is 1.80. The van der Waals surface area contributed by atoms with E-state index < -0.39 is 6.10 Å². The molecule has 1 fully saturated rings. The molecular weight excluding hydrogens is 276 g/mol. The molecule has 1 atom stereocenters. The van der Waals surface area contributed by atoms with Gasteiger partial charge in [-0.1, -0.05) is 0 Å². The molecule has 1 aliphatic heterocycles. The number of amides is 1. The van der Waals surface area contributed by atoms with Gasteiger partial charge in [-0.25, -0.2) is 0 Å². The smallest absolute Gasteiger partial charge is 0.263 e. The van der Waals surface area contributed by atoms with Gasteiger partial charge in [-0.3, -0.25) is 9.69 Å². The average Bonchev–Trinajstić information content (AvgIpc) is 2.85. The van der Waals surface area contributed by atoms with Gasteiger partial charge in [-0.15, -0.1) is 11.3 Å². The summed E-state index contributed by atoms with van der Waals surface area (Å²) in [5.74, 6) is -0.0240. The van der Waals surface area contributed by atoms with Crippen molar-refractivity contribution in [2.24, 2.45) is 0 Å². The van der Waals surface area contributed by atoms with Crippen LogP contribution in [0, 0.1) is 6.92 Å². The molecule has 112 valence electrons. The van der Waals surface area contributed by atoms with E-state index in [1.54, 1.807) is 11.9 Å². The summed E-state index contributed by atoms with van der Waals surface area (Å²) in [6.45, 7) is 6.05. The van der Waals surface area contributed by atoms with E-state index in [9.17, 15) is 9.90 Å². The number of morpholine rings is 1. The van der Waals surface area contributed by atoms with E-state index in [0.717, 1.165) is 36.1 Å². The molecule has 1 unspecified atom stereocenters. The monoisotopic (exact) mass is 298 g/mol. The molecule has 2 rings (SSSR count). The van der Waals surface area contributed by atoms with Gasteiger partial charge in [0.05, 0.1) is 24.2 Å². The molecule has 1 saturated heterocycles. The van der Waals surface area contributed by atoms with E-state index in [1.807, 2.05) is 19.1 Å². The number of ether oxygens (including phenoxy) is 1. The zero-order valence-corrected chi connectivity index (χ0v) is 12.9. The summed E-state index contributed by atoms with van der Waals surface area (Å²) >= 11 is 1.49. The topological polar surface area (TPSA) is 53.0 Å². The molecule has 0 radical (unpaired) electrons. The first-order chi connectivity index (χ1) is 9.56. The van der Waals surface area contributed by atoms with Crippen molar-refractivity contribution in [3.8, 4) is 0 Å². The van der Waals surface area contributed by atoms with Gasteiger partial charge in [0.1, 0.15) is 0 Å². The van der Waals surface area contributed by atoms with Gasteiger partial charge < -0.3 is 14.7 Å². The minimum atomic E-state index is -0.525. The van der Waals surface area contributed by atoms with Crippen LogP contribution in [0.15, 0.2) is 12.1 Å². The minimum Gasteiger partial charge on any atom is -0.390 e. The Hall–Kier alpha value is -0.950. The molecule has 0 aromatic carbocycles. The molecule has 1 aromatic rings. The zero-order chi connectivity index (χ0) is 14.5. The van der Waals surface area contributed by atoms with Crippen LogP contribution in [0.2, 0.25) is 0 Å². The molecule has 1 aromatic heterocycles. The Bertz CT molecular complexity index is 443. The fraction of sp³-hybridized carbons (Fsp3) is 0.643. The van der Waals surface area contributed by atoms with Crippen molar-refractivity contribution in [3.63, 3.8) is 0 Å².